The molecule has 0 unspecified atom stereocenters. The van der Waals surface area contributed by atoms with Gasteiger partial charge in [-0.2, -0.15) is 5.10 Å². The number of fused-ring (bicyclic) bond motifs is 1. The number of aromatic nitrogens is 2. The van der Waals surface area contributed by atoms with Crippen molar-refractivity contribution in [2.75, 3.05) is 24.5 Å². The molecule has 2 saturated heterocycles. The Morgan fingerprint density at radius 1 is 1.27 bits per heavy atom. The molecule has 3 aliphatic rings. The molecule has 3 fully saturated rings. The number of hydrogen-bond acceptors (Lipinski definition) is 3. The van der Waals surface area contributed by atoms with Crippen LogP contribution in [-0.4, -0.2) is 35.7 Å². The molecule has 1 aliphatic carbocycles. The maximum Gasteiger partial charge on any atom is 0.234 e. The molecule has 0 bridgehead atoms. The molecule has 1 atom stereocenters. The Bertz CT molecular complexity index is 755. The van der Waals surface area contributed by atoms with Crippen LogP contribution in [0.25, 0.3) is 10.9 Å². The van der Waals surface area contributed by atoms with E-state index in [1.165, 1.54) is 23.9 Å². The summed E-state index contributed by atoms with van der Waals surface area (Å²) in [5.74, 6) is 0.938. The molecule has 3 heterocycles. The van der Waals surface area contributed by atoms with Crippen molar-refractivity contribution in [3.05, 3.63) is 23.9 Å². The van der Waals surface area contributed by atoms with E-state index in [-0.39, 0.29) is 5.41 Å². The number of benzene rings is 1. The minimum atomic E-state index is -0.148. The summed E-state index contributed by atoms with van der Waals surface area (Å²) in [6, 6.07) is 6.24. The number of nitrogens with one attached hydrogen (secondary N) is 2. The third-order valence-corrected chi connectivity index (χ3v) is 5.62. The maximum absolute atomic E-state index is 12.9. The van der Waals surface area contributed by atoms with Crippen molar-refractivity contribution in [2.24, 2.45) is 5.41 Å². The second kappa shape index (κ2) is 4.32. The predicted molar refractivity (Wildman–Crippen MR) is 85.0 cm³/mol. The average Bonchev–Trinajstić information content (AvgIpc) is 2.99. The molecule has 1 amide bonds. The Morgan fingerprint density at radius 2 is 2.18 bits per heavy atom. The number of rotatable bonds is 2. The zero-order chi connectivity index (χ0) is 14.7. The third kappa shape index (κ3) is 1.69. The standard InChI is InChI=1S/C17H20N4O/c22-16-17(5-7-18-10-17)6-8-21(16)12-3-4-14-13(9-12)15(20-19-14)11-1-2-11/h3-4,9,11,18H,1-2,5-8,10H2,(H,19,20)/t17-/m1/s1. The van der Waals surface area contributed by atoms with E-state index in [4.69, 9.17) is 0 Å². The molecule has 5 heteroatoms. The van der Waals surface area contributed by atoms with Crippen LogP contribution in [0.2, 0.25) is 0 Å². The molecular formula is C17H20N4O. The Labute approximate surface area is 129 Å². The molecule has 1 aromatic carbocycles. The first-order chi connectivity index (χ1) is 10.8. The molecule has 0 radical (unpaired) electrons. The highest BCUT2D eigenvalue weighted by Gasteiger charge is 2.48. The van der Waals surface area contributed by atoms with Crippen LogP contribution >= 0.6 is 0 Å². The molecule has 1 spiro atoms. The fraction of sp³-hybridized carbons (Fsp3) is 0.529. The normalized spacial score (nSPS) is 28.4. The quantitative estimate of drug-likeness (QED) is 0.892. The van der Waals surface area contributed by atoms with Gasteiger partial charge in [-0.3, -0.25) is 9.89 Å². The predicted octanol–water partition coefficient (Wildman–Crippen LogP) is 2.16. The van der Waals surface area contributed by atoms with E-state index in [2.05, 4.69) is 21.6 Å². The summed E-state index contributed by atoms with van der Waals surface area (Å²) in [5.41, 5.74) is 3.14. The lowest BCUT2D eigenvalue weighted by molar-refractivity contribution is -0.124. The minimum Gasteiger partial charge on any atom is -0.316 e. The van der Waals surface area contributed by atoms with Crippen LogP contribution in [0, 0.1) is 5.41 Å². The summed E-state index contributed by atoms with van der Waals surface area (Å²) in [6.45, 7) is 2.64. The van der Waals surface area contributed by atoms with Crippen molar-refractivity contribution in [1.29, 1.82) is 0 Å². The second-order valence-electron chi connectivity index (χ2n) is 7.03. The molecule has 5 nitrogen and oxygen atoms in total. The molecule has 114 valence electrons. The number of carbonyl (C=O) groups excluding carboxylic acids is 1. The van der Waals surface area contributed by atoms with Gasteiger partial charge in [-0.05, 0) is 50.4 Å². The summed E-state index contributed by atoms with van der Waals surface area (Å²) in [5, 5.41) is 12.1. The SMILES string of the molecule is O=C1N(c2ccc3n[nH]c(C4CC4)c3c2)CC[C@@]12CCNC2. The number of H-pyrrole nitrogens is 1. The highest BCUT2D eigenvalue weighted by molar-refractivity contribution is 6.02. The van der Waals surface area contributed by atoms with Crippen LogP contribution in [0.4, 0.5) is 5.69 Å². The Hall–Kier alpha value is -1.88. The summed E-state index contributed by atoms with van der Waals surface area (Å²) < 4.78 is 0. The third-order valence-electron chi connectivity index (χ3n) is 5.62. The van der Waals surface area contributed by atoms with Crippen molar-refractivity contribution in [2.45, 2.75) is 31.6 Å². The molecule has 22 heavy (non-hydrogen) atoms. The van der Waals surface area contributed by atoms with Gasteiger partial charge in [0.2, 0.25) is 5.91 Å². The van der Waals surface area contributed by atoms with E-state index < -0.39 is 0 Å². The Kier molecular flexibility index (Phi) is 2.48. The van der Waals surface area contributed by atoms with Gasteiger partial charge < -0.3 is 10.2 Å². The van der Waals surface area contributed by atoms with E-state index in [0.29, 0.717) is 11.8 Å². The van der Waals surface area contributed by atoms with Crippen LogP contribution in [0.15, 0.2) is 18.2 Å². The number of anilines is 1. The summed E-state index contributed by atoms with van der Waals surface area (Å²) in [6.07, 6.45) is 4.44. The number of nitrogens with zero attached hydrogens (tertiary/aromatic N) is 2. The van der Waals surface area contributed by atoms with Crippen LogP contribution in [0.3, 0.4) is 0 Å². The maximum atomic E-state index is 12.9. The lowest BCUT2D eigenvalue weighted by Gasteiger charge is -2.22. The Balaban J connectivity index is 1.53. The molecule has 5 rings (SSSR count). The fourth-order valence-corrected chi connectivity index (χ4v) is 4.08. The molecule has 2 aliphatic heterocycles. The summed E-state index contributed by atoms with van der Waals surface area (Å²) in [7, 11) is 0. The van der Waals surface area contributed by atoms with Crippen LogP contribution in [0.1, 0.15) is 37.3 Å². The van der Waals surface area contributed by atoms with E-state index in [1.54, 1.807) is 0 Å². The average molecular weight is 296 g/mol. The van der Waals surface area contributed by atoms with Crippen molar-refractivity contribution in [1.82, 2.24) is 15.5 Å². The van der Waals surface area contributed by atoms with E-state index in [0.717, 1.165) is 43.7 Å². The van der Waals surface area contributed by atoms with Gasteiger partial charge in [0, 0.05) is 35.8 Å². The van der Waals surface area contributed by atoms with Crippen LogP contribution in [0.5, 0.6) is 0 Å². The highest BCUT2D eigenvalue weighted by atomic mass is 16.2. The fourth-order valence-electron chi connectivity index (χ4n) is 4.08. The molecule has 2 aromatic rings. The lowest BCUT2D eigenvalue weighted by atomic mass is 9.86. The van der Waals surface area contributed by atoms with Crippen LogP contribution in [-0.2, 0) is 4.79 Å². The van der Waals surface area contributed by atoms with Gasteiger partial charge in [0.25, 0.3) is 0 Å². The second-order valence-corrected chi connectivity index (χ2v) is 7.03. The largest absolute Gasteiger partial charge is 0.316 e. The first-order valence-electron chi connectivity index (χ1n) is 8.28. The number of aromatic amines is 1. The summed E-state index contributed by atoms with van der Waals surface area (Å²) >= 11 is 0. The highest BCUT2D eigenvalue weighted by Crippen LogP contribution is 2.44. The number of amides is 1. The Morgan fingerprint density at radius 3 is 2.95 bits per heavy atom. The smallest absolute Gasteiger partial charge is 0.234 e. The van der Waals surface area contributed by atoms with Gasteiger partial charge in [0.15, 0.2) is 0 Å². The monoisotopic (exact) mass is 296 g/mol. The van der Waals surface area contributed by atoms with Gasteiger partial charge in [0.1, 0.15) is 0 Å². The van der Waals surface area contributed by atoms with E-state index in [9.17, 15) is 4.79 Å². The van der Waals surface area contributed by atoms with E-state index in [1.807, 2.05) is 17.0 Å². The van der Waals surface area contributed by atoms with Gasteiger partial charge in [0.05, 0.1) is 10.9 Å². The van der Waals surface area contributed by atoms with Crippen molar-refractivity contribution in [3.63, 3.8) is 0 Å². The first kappa shape index (κ1) is 12.6. The van der Waals surface area contributed by atoms with Crippen molar-refractivity contribution < 1.29 is 4.79 Å². The lowest BCUT2D eigenvalue weighted by Crippen LogP contribution is -2.36. The van der Waals surface area contributed by atoms with Crippen LogP contribution < -0.4 is 10.2 Å². The zero-order valence-corrected chi connectivity index (χ0v) is 12.6. The first-order valence-corrected chi connectivity index (χ1v) is 8.28. The van der Waals surface area contributed by atoms with Crippen molar-refractivity contribution >= 4 is 22.5 Å². The molecule has 2 N–H and O–H groups in total. The van der Waals surface area contributed by atoms with Crippen molar-refractivity contribution in [3.8, 4) is 0 Å². The summed E-state index contributed by atoms with van der Waals surface area (Å²) in [4.78, 5) is 14.9. The van der Waals surface area contributed by atoms with Gasteiger partial charge in [-0.1, -0.05) is 0 Å². The van der Waals surface area contributed by atoms with Gasteiger partial charge in [-0.15, -0.1) is 0 Å². The number of hydrogen-bond donors (Lipinski definition) is 2. The van der Waals surface area contributed by atoms with Gasteiger partial charge in [-0.25, -0.2) is 0 Å². The zero-order valence-electron chi connectivity index (χ0n) is 12.6. The molecule has 1 aromatic heterocycles. The van der Waals surface area contributed by atoms with E-state index >= 15 is 0 Å². The molecular weight excluding hydrogens is 276 g/mol. The minimum absolute atomic E-state index is 0.148. The molecule has 1 saturated carbocycles. The topological polar surface area (TPSA) is 61.0 Å². The number of carbonyl (C=O) groups is 1. The van der Waals surface area contributed by atoms with Gasteiger partial charge >= 0.3 is 0 Å².